The maximum atomic E-state index is 8.36. The van der Waals surface area contributed by atoms with E-state index in [0.717, 1.165) is 6.42 Å². The number of rotatable bonds is 3. The molecule has 0 saturated carbocycles. The lowest BCUT2D eigenvalue weighted by molar-refractivity contribution is -0.122. The van der Waals surface area contributed by atoms with Crippen molar-refractivity contribution in [1.29, 1.82) is 0 Å². The fourth-order valence-electron chi connectivity index (χ4n) is 1.18. The number of benzene rings is 1. The van der Waals surface area contributed by atoms with Crippen LogP contribution in [0.25, 0.3) is 0 Å². The van der Waals surface area contributed by atoms with Gasteiger partial charge >= 0.3 is 0 Å². The van der Waals surface area contributed by atoms with Gasteiger partial charge in [-0.25, -0.2) is 0 Å². The van der Waals surface area contributed by atoms with Gasteiger partial charge in [-0.15, -0.1) is 0 Å². The fraction of sp³-hybridized carbons (Fsp3) is 0.364. The molecule has 0 radical (unpaired) electrons. The highest BCUT2D eigenvalue weighted by atomic mass is 16.3. The van der Waals surface area contributed by atoms with E-state index < -0.39 is 0 Å². The molecule has 0 aliphatic heterocycles. The van der Waals surface area contributed by atoms with Crippen LogP contribution in [0.4, 0.5) is 0 Å². The smallest absolute Gasteiger partial charge is 0.290 e. The molecule has 84 valence electrons. The highest BCUT2D eigenvalue weighted by molar-refractivity contribution is 5.32. The summed E-state index contributed by atoms with van der Waals surface area (Å²) < 4.78 is 0. The van der Waals surface area contributed by atoms with Gasteiger partial charge < -0.3 is 16.6 Å². The third-order valence-electron chi connectivity index (χ3n) is 1.82. The maximum absolute atomic E-state index is 8.36. The molecule has 0 spiro atoms. The molecule has 4 nitrogen and oxygen atoms in total. The van der Waals surface area contributed by atoms with Gasteiger partial charge in [0.25, 0.3) is 6.47 Å². The zero-order valence-electron chi connectivity index (χ0n) is 8.89. The molecule has 4 heteroatoms. The van der Waals surface area contributed by atoms with Crippen LogP contribution in [0.2, 0.25) is 0 Å². The Kier molecular flexibility index (Phi) is 7.23. The Balaban J connectivity index is 0.000000583. The summed E-state index contributed by atoms with van der Waals surface area (Å²) in [6.45, 7) is 2.37. The molecule has 5 N–H and O–H groups in total. The van der Waals surface area contributed by atoms with Gasteiger partial charge in [-0.3, -0.25) is 4.79 Å². The summed E-state index contributed by atoms with van der Waals surface area (Å²) >= 11 is 0. The normalized spacial score (nSPS) is 11.1. The van der Waals surface area contributed by atoms with E-state index in [1.54, 1.807) is 0 Å². The first-order valence-corrected chi connectivity index (χ1v) is 4.75. The van der Waals surface area contributed by atoms with Crippen molar-refractivity contribution in [3.8, 4) is 0 Å². The molecule has 0 bridgehead atoms. The first kappa shape index (κ1) is 13.6. The third kappa shape index (κ3) is 6.65. The molecule has 0 aliphatic rings. The zero-order chi connectivity index (χ0) is 11.7. The van der Waals surface area contributed by atoms with Crippen molar-refractivity contribution in [2.45, 2.75) is 25.9 Å². The van der Waals surface area contributed by atoms with Crippen molar-refractivity contribution in [2.24, 2.45) is 11.5 Å². The Bertz CT molecular complexity index is 270. The summed E-state index contributed by atoms with van der Waals surface area (Å²) in [6, 6.07) is 8.51. The van der Waals surface area contributed by atoms with Crippen molar-refractivity contribution in [1.82, 2.24) is 0 Å². The molecule has 1 aromatic rings. The molecule has 1 unspecified atom stereocenters. The molecule has 1 rings (SSSR count). The van der Waals surface area contributed by atoms with Crippen LogP contribution in [-0.4, -0.2) is 17.6 Å². The van der Waals surface area contributed by atoms with Crippen molar-refractivity contribution < 1.29 is 9.90 Å². The molecule has 0 amide bonds. The van der Waals surface area contributed by atoms with Crippen LogP contribution < -0.4 is 11.5 Å². The first-order chi connectivity index (χ1) is 7.13. The molecule has 1 atom stereocenters. The first-order valence-electron chi connectivity index (χ1n) is 4.75. The minimum absolute atomic E-state index is 0.230. The van der Waals surface area contributed by atoms with E-state index in [1.807, 2.05) is 6.92 Å². The summed E-state index contributed by atoms with van der Waals surface area (Å²) in [5.41, 5.74) is 13.6. The second-order valence-corrected chi connectivity index (χ2v) is 3.31. The van der Waals surface area contributed by atoms with E-state index in [-0.39, 0.29) is 12.5 Å². The molecule has 15 heavy (non-hydrogen) atoms. The van der Waals surface area contributed by atoms with Crippen LogP contribution in [0.5, 0.6) is 0 Å². The lowest BCUT2D eigenvalue weighted by Gasteiger charge is -2.05. The molecule has 0 saturated heterocycles. The lowest BCUT2D eigenvalue weighted by atomic mass is 10.1. The van der Waals surface area contributed by atoms with E-state index in [2.05, 4.69) is 24.3 Å². The van der Waals surface area contributed by atoms with E-state index >= 15 is 0 Å². The zero-order valence-corrected chi connectivity index (χ0v) is 8.89. The maximum Gasteiger partial charge on any atom is 0.290 e. The van der Waals surface area contributed by atoms with Crippen LogP contribution in [-0.2, 0) is 17.8 Å². The van der Waals surface area contributed by atoms with Gasteiger partial charge in [0, 0.05) is 12.6 Å². The van der Waals surface area contributed by atoms with Gasteiger partial charge in [-0.2, -0.15) is 0 Å². The Labute approximate surface area is 89.9 Å². The number of hydrogen-bond donors (Lipinski definition) is 3. The molecule has 1 aromatic carbocycles. The van der Waals surface area contributed by atoms with E-state index in [9.17, 15) is 0 Å². The second-order valence-electron chi connectivity index (χ2n) is 3.31. The van der Waals surface area contributed by atoms with Gasteiger partial charge in [0.15, 0.2) is 0 Å². The van der Waals surface area contributed by atoms with Gasteiger partial charge in [0.05, 0.1) is 0 Å². The van der Waals surface area contributed by atoms with Gasteiger partial charge in [-0.1, -0.05) is 24.3 Å². The quantitative estimate of drug-likeness (QED) is 0.642. The SMILES string of the molecule is CC(N)Cc1ccc(CN)cc1.O=CO. The van der Waals surface area contributed by atoms with Crippen LogP contribution in [0.3, 0.4) is 0 Å². The minimum Gasteiger partial charge on any atom is -0.483 e. The van der Waals surface area contributed by atoms with E-state index in [0.29, 0.717) is 6.54 Å². The topological polar surface area (TPSA) is 89.3 Å². The van der Waals surface area contributed by atoms with Gasteiger partial charge in [-0.05, 0) is 24.5 Å². The predicted molar refractivity (Wildman–Crippen MR) is 60.4 cm³/mol. The van der Waals surface area contributed by atoms with Crippen LogP contribution in [0, 0.1) is 0 Å². The van der Waals surface area contributed by atoms with Gasteiger partial charge in [0.1, 0.15) is 0 Å². The van der Waals surface area contributed by atoms with Crippen molar-refractivity contribution in [3.63, 3.8) is 0 Å². The number of nitrogens with two attached hydrogens (primary N) is 2. The van der Waals surface area contributed by atoms with Crippen molar-refractivity contribution >= 4 is 6.47 Å². The molecule has 0 aliphatic carbocycles. The predicted octanol–water partition coefficient (Wildman–Crippen LogP) is 0.736. The van der Waals surface area contributed by atoms with Crippen LogP contribution in [0.15, 0.2) is 24.3 Å². The van der Waals surface area contributed by atoms with E-state index in [4.69, 9.17) is 21.4 Å². The van der Waals surface area contributed by atoms with Crippen molar-refractivity contribution in [2.75, 3.05) is 0 Å². The molecule has 0 fully saturated rings. The Hall–Kier alpha value is -1.39. The molecule has 0 aromatic heterocycles. The summed E-state index contributed by atoms with van der Waals surface area (Å²) in [5.74, 6) is 0. The van der Waals surface area contributed by atoms with Gasteiger partial charge in [0.2, 0.25) is 0 Å². The van der Waals surface area contributed by atoms with E-state index in [1.165, 1.54) is 11.1 Å². The average molecular weight is 210 g/mol. The largest absolute Gasteiger partial charge is 0.483 e. The molecular formula is C11H18N2O2. The summed E-state index contributed by atoms with van der Waals surface area (Å²) in [4.78, 5) is 8.36. The highest BCUT2D eigenvalue weighted by Crippen LogP contribution is 2.05. The Morgan fingerprint density at radius 2 is 1.73 bits per heavy atom. The number of carbonyl (C=O) groups is 1. The Morgan fingerprint density at radius 3 is 2.07 bits per heavy atom. The molecular weight excluding hydrogens is 192 g/mol. The van der Waals surface area contributed by atoms with Crippen LogP contribution in [0.1, 0.15) is 18.1 Å². The molecule has 0 heterocycles. The minimum atomic E-state index is -0.250. The average Bonchev–Trinajstić information content (AvgIpc) is 2.19. The lowest BCUT2D eigenvalue weighted by Crippen LogP contribution is -2.17. The standard InChI is InChI=1S/C10H16N2.CH2O2/c1-8(12)6-9-2-4-10(7-11)5-3-9;2-1-3/h2-5,8H,6-7,11-12H2,1H3;1H,(H,2,3). The number of hydrogen-bond acceptors (Lipinski definition) is 3. The third-order valence-corrected chi connectivity index (χ3v) is 1.82. The number of carboxylic acid groups (broad SMARTS) is 1. The van der Waals surface area contributed by atoms with Crippen molar-refractivity contribution in [3.05, 3.63) is 35.4 Å². The summed E-state index contributed by atoms with van der Waals surface area (Å²) in [6.07, 6.45) is 0.935. The monoisotopic (exact) mass is 210 g/mol. The van der Waals surface area contributed by atoms with Crippen LogP contribution >= 0.6 is 0 Å². The Morgan fingerprint density at radius 1 is 1.33 bits per heavy atom. The fourth-order valence-corrected chi connectivity index (χ4v) is 1.18. The second kappa shape index (κ2) is 7.96. The summed E-state index contributed by atoms with van der Waals surface area (Å²) in [5, 5.41) is 6.89. The highest BCUT2D eigenvalue weighted by Gasteiger charge is 1.96. The summed E-state index contributed by atoms with van der Waals surface area (Å²) in [7, 11) is 0.